The van der Waals surface area contributed by atoms with Crippen molar-refractivity contribution in [3.63, 3.8) is 0 Å². The zero-order valence-corrected chi connectivity index (χ0v) is 18.9. The fourth-order valence-corrected chi connectivity index (χ4v) is 8.70. The van der Waals surface area contributed by atoms with Crippen molar-refractivity contribution in [1.29, 1.82) is 0 Å². The summed E-state index contributed by atoms with van der Waals surface area (Å²) in [6, 6.07) is 0. The quantitative estimate of drug-likeness (QED) is 0.534. The van der Waals surface area contributed by atoms with Crippen LogP contribution in [0.2, 0.25) is 0 Å². The number of hydrogen-bond acceptors (Lipinski definition) is 5. The largest absolute Gasteiger partial charge is 0.465 e. The Morgan fingerprint density at radius 3 is 2.52 bits per heavy atom. The molecule has 1 saturated heterocycles. The first kappa shape index (κ1) is 21.1. The van der Waals surface area contributed by atoms with E-state index in [9.17, 15) is 19.5 Å². The van der Waals surface area contributed by atoms with Crippen LogP contribution in [0.5, 0.6) is 0 Å². The van der Waals surface area contributed by atoms with Crippen molar-refractivity contribution < 1.29 is 24.2 Å². The molecule has 1 N–H and O–H groups in total. The van der Waals surface area contributed by atoms with Crippen LogP contribution in [0, 0.1) is 34.0 Å². The van der Waals surface area contributed by atoms with Gasteiger partial charge in [-0.05, 0) is 100 Å². The van der Waals surface area contributed by atoms with Gasteiger partial charge in [0.05, 0.1) is 17.6 Å². The van der Waals surface area contributed by atoms with Gasteiger partial charge >= 0.3 is 5.97 Å². The lowest BCUT2D eigenvalue weighted by molar-refractivity contribution is -0.256. The molecule has 1 aliphatic heterocycles. The molecule has 5 rings (SSSR count). The van der Waals surface area contributed by atoms with Crippen molar-refractivity contribution in [3.8, 4) is 0 Å². The van der Waals surface area contributed by atoms with E-state index in [0.717, 1.165) is 38.5 Å². The third-order valence-corrected chi connectivity index (χ3v) is 10.1. The molecule has 0 unspecified atom stereocenters. The van der Waals surface area contributed by atoms with Crippen LogP contribution in [-0.4, -0.2) is 34.9 Å². The number of ether oxygens (including phenoxy) is 1. The molecule has 0 aromatic rings. The van der Waals surface area contributed by atoms with Gasteiger partial charge < -0.3 is 9.84 Å². The average Bonchev–Trinajstić information content (AvgIpc) is 2.70. The molecule has 4 aliphatic carbocycles. The number of fused-ring (bicyclic) bond motifs is 1. The standard InChI is InChI=1S/C26H34O5/c1-23-11-7-20-24(2)9-4-10-26(20,15-31-22(24)29)19(23)8-12-25(3,30)21(23)14-16-13-17(27)5-6-18(16)28/h5-6,13,19-21,30H,4,7-12,14-15H2,1-3H3/t19-,20-,21-,23+,24+,25-,26-/m0/s1. The van der Waals surface area contributed by atoms with E-state index in [4.69, 9.17) is 4.74 Å². The van der Waals surface area contributed by atoms with Gasteiger partial charge in [0.25, 0.3) is 0 Å². The predicted octanol–water partition coefficient (Wildman–Crippen LogP) is 3.94. The zero-order valence-electron chi connectivity index (χ0n) is 18.9. The summed E-state index contributed by atoms with van der Waals surface area (Å²) in [5, 5.41) is 11.5. The van der Waals surface area contributed by atoms with E-state index in [-0.39, 0.29) is 34.3 Å². The monoisotopic (exact) mass is 426 g/mol. The first-order valence-corrected chi connectivity index (χ1v) is 11.9. The number of carbonyl (C=O) groups excluding carboxylic acids is 3. The van der Waals surface area contributed by atoms with Crippen molar-refractivity contribution in [2.45, 2.75) is 77.7 Å². The topological polar surface area (TPSA) is 80.7 Å². The summed E-state index contributed by atoms with van der Waals surface area (Å²) in [4.78, 5) is 37.2. The lowest BCUT2D eigenvalue weighted by Gasteiger charge is -2.69. The van der Waals surface area contributed by atoms with Crippen LogP contribution < -0.4 is 0 Å². The maximum absolute atomic E-state index is 12.8. The highest BCUT2D eigenvalue weighted by atomic mass is 16.5. The Morgan fingerprint density at radius 1 is 1.00 bits per heavy atom. The number of carbonyl (C=O) groups is 3. The summed E-state index contributed by atoms with van der Waals surface area (Å²) >= 11 is 0. The molecule has 1 heterocycles. The van der Waals surface area contributed by atoms with E-state index in [2.05, 4.69) is 13.8 Å². The number of rotatable bonds is 2. The van der Waals surface area contributed by atoms with Crippen molar-refractivity contribution in [1.82, 2.24) is 0 Å². The second-order valence-corrected chi connectivity index (χ2v) is 11.7. The van der Waals surface area contributed by atoms with Crippen LogP contribution in [0.25, 0.3) is 0 Å². The molecule has 7 atom stereocenters. The van der Waals surface area contributed by atoms with E-state index < -0.39 is 11.0 Å². The lowest BCUT2D eigenvalue weighted by atomic mass is 9.37. The maximum atomic E-state index is 12.8. The highest BCUT2D eigenvalue weighted by molar-refractivity contribution is 6.17. The summed E-state index contributed by atoms with van der Waals surface area (Å²) in [6.45, 7) is 6.79. The molecule has 31 heavy (non-hydrogen) atoms. The molecule has 3 saturated carbocycles. The molecule has 168 valence electrons. The van der Waals surface area contributed by atoms with Crippen LogP contribution in [0.15, 0.2) is 23.8 Å². The second kappa shape index (κ2) is 6.63. The molecule has 0 spiro atoms. The highest BCUT2D eigenvalue weighted by Gasteiger charge is 2.69. The van der Waals surface area contributed by atoms with Gasteiger partial charge in [0, 0.05) is 11.0 Å². The third-order valence-electron chi connectivity index (χ3n) is 10.1. The molecular formula is C26H34O5. The molecule has 5 aliphatic rings. The maximum Gasteiger partial charge on any atom is 0.312 e. The van der Waals surface area contributed by atoms with Crippen molar-refractivity contribution in [2.24, 2.45) is 34.0 Å². The van der Waals surface area contributed by atoms with Gasteiger partial charge in [0.15, 0.2) is 11.6 Å². The fourth-order valence-electron chi connectivity index (χ4n) is 8.70. The third kappa shape index (κ3) is 2.81. The highest BCUT2D eigenvalue weighted by Crippen LogP contribution is 2.71. The van der Waals surface area contributed by atoms with Crippen molar-refractivity contribution in [2.75, 3.05) is 6.61 Å². The second-order valence-electron chi connectivity index (χ2n) is 11.7. The van der Waals surface area contributed by atoms with E-state index in [1.807, 2.05) is 6.92 Å². The molecule has 5 nitrogen and oxygen atoms in total. The minimum Gasteiger partial charge on any atom is -0.465 e. The van der Waals surface area contributed by atoms with Crippen LogP contribution in [-0.2, 0) is 19.1 Å². The first-order valence-electron chi connectivity index (χ1n) is 11.9. The minimum absolute atomic E-state index is 0.0287. The summed E-state index contributed by atoms with van der Waals surface area (Å²) in [7, 11) is 0. The number of allylic oxidation sites excluding steroid dienone is 4. The number of ketones is 2. The van der Waals surface area contributed by atoms with Gasteiger partial charge in [-0.1, -0.05) is 13.3 Å². The Morgan fingerprint density at radius 2 is 1.74 bits per heavy atom. The molecule has 4 fully saturated rings. The van der Waals surface area contributed by atoms with Crippen LogP contribution in [0.1, 0.15) is 72.1 Å². The van der Waals surface area contributed by atoms with Gasteiger partial charge in [0.1, 0.15) is 0 Å². The molecular weight excluding hydrogens is 392 g/mol. The number of hydrogen-bond donors (Lipinski definition) is 1. The van der Waals surface area contributed by atoms with Gasteiger partial charge in [0.2, 0.25) is 0 Å². The van der Waals surface area contributed by atoms with Gasteiger partial charge in [-0.15, -0.1) is 0 Å². The van der Waals surface area contributed by atoms with Gasteiger partial charge in [-0.3, -0.25) is 14.4 Å². The molecule has 0 amide bonds. The Labute approximate surface area is 184 Å². The molecule has 5 heteroatoms. The first-order chi connectivity index (χ1) is 14.5. The van der Waals surface area contributed by atoms with E-state index >= 15 is 0 Å². The predicted molar refractivity (Wildman–Crippen MR) is 115 cm³/mol. The Bertz CT molecular complexity index is 913. The summed E-state index contributed by atoms with van der Waals surface area (Å²) in [5.74, 6) is 0.244. The molecule has 2 bridgehead atoms. The minimum atomic E-state index is -0.899. The van der Waals surface area contributed by atoms with Crippen molar-refractivity contribution in [3.05, 3.63) is 23.8 Å². The van der Waals surface area contributed by atoms with E-state index in [1.165, 1.54) is 18.2 Å². The Kier molecular flexibility index (Phi) is 4.52. The van der Waals surface area contributed by atoms with Crippen LogP contribution in [0.3, 0.4) is 0 Å². The van der Waals surface area contributed by atoms with Crippen molar-refractivity contribution >= 4 is 17.5 Å². The number of aliphatic hydroxyl groups is 1. The number of cyclic esters (lactones) is 1. The van der Waals surface area contributed by atoms with Crippen LogP contribution >= 0.6 is 0 Å². The Balaban J connectivity index is 1.54. The SMILES string of the molecule is C[C@@]12CC[C@@H]3[C@]4(CCC[C@@]3(C)C(=O)OC4)[C@H]1CC[C@](C)(O)[C@H]2CC1=CC(=O)C=CC1=O. The summed E-state index contributed by atoms with van der Waals surface area (Å²) in [5.41, 5.74) is -0.993. The molecule has 0 radical (unpaired) electrons. The fraction of sp³-hybridized carbons (Fsp3) is 0.731. The normalized spacial score (nSPS) is 49.1. The number of esters is 1. The van der Waals surface area contributed by atoms with E-state index in [1.54, 1.807) is 0 Å². The van der Waals surface area contributed by atoms with E-state index in [0.29, 0.717) is 36.9 Å². The molecule has 0 aromatic heterocycles. The summed E-state index contributed by atoms with van der Waals surface area (Å²) in [6.07, 6.45) is 11.0. The molecule has 0 aromatic carbocycles. The zero-order chi connectivity index (χ0) is 22.2. The van der Waals surface area contributed by atoms with Crippen LogP contribution in [0.4, 0.5) is 0 Å². The lowest BCUT2D eigenvalue weighted by Crippen LogP contribution is -2.68. The Hall–Kier alpha value is -1.75. The smallest absolute Gasteiger partial charge is 0.312 e. The van der Waals surface area contributed by atoms with Gasteiger partial charge in [-0.25, -0.2) is 0 Å². The van der Waals surface area contributed by atoms with Gasteiger partial charge in [-0.2, -0.15) is 0 Å². The summed E-state index contributed by atoms with van der Waals surface area (Å²) < 4.78 is 5.85. The average molecular weight is 427 g/mol.